The van der Waals surface area contributed by atoms with Crippen LogP contribution in [-0.2, 0) is 16.1 Å². The monoisotopic (exact) mass is 426 g/mol. The Morgan fingerprint density at radius 3 is 2.45 bits per heavy atom. The van der Waals surface area contributed by atoms with Gasteiger partial charge >= 0.3 is 5.97 Å². The lowest BCUT2D eigenvalue weighted by atomic mass is 10.2. The molecule has 0 unspecified atom stereocenters. The lowest BCUT2D eigenvalue weighted by Gasteiger charge is -2.11. The van der Waals surface area contributed by atoms with E-state index in [9.17, 15) is 4.79 Å². The van der Waals surface area contributed by atoms with Crippen LogP contribution in [-0.4, -0.2) is 48.1 Å². The minimum atomic E-state index is -0.749. The number of fused-ring (bicyclic) bond motifs is 1. The van der Waals surface area contributed by atoms with Crippen LogP contribution in [0.25, 0.3) is 22.4 Å². The molecular weight excluding hydrogens is 396 g/mol. The van der Waals surface area contributed by atoms with Crippen LogP contribution in [0, 0.1) is 0 Å². The van der Waals surface area contributed by atoms with Gasteiger partial charge in [-0.05, 0) is 62.1 Å². The number of aromatic nitrogens is 2. The zero-order valence-electron chi connectivity index (χ0n) is 18.2. The van der Waals surface area contributed by atoms with Crippen molar-refractivity contribution < 1.29 is 24.1 Å². The van der Waals surface area contributed by atoms with E-state index >= 15 is 0 Å². The Labute approximate surface area is 182 Å². The second-order valence-corrected chi connectivity index (χ2v) is 7.37. The molecule has 3 aromatic rings. The fourth-order valence-electron chi connectivity index (χ4n) is 3.49. The van der Waals surface area contributed by atoms with Gasteiger partial charge in [0.15, 0.2) is 0 Å². The van der Waals surface area contributed by atoms with Crippen molar-refractivity contribution in [3.8, 4) is 22.9 Å². The van der Waals surface area contributed by atoms with Crippen molar-refractivity contribution in [2.45, 2.75) is 38.6 Å². The number of carbonyl (C=O) groups is 1. The Balaban J connectivity index is 1.78. The van der Waals surface area contributed by atoms with Crippen molar-refractivity contribution in [1.82, 2.24) is 9.55 Å². The quantitative estimate of drug-likeness (QED) is 0.396. The van der Waals surface area contributed by atoms with Crippen LogP contribution in [0.15, 0.2) is 42.5 Å². The highest BCUT2D eigenvalue weighted by Gasteiger charge is 2.14. The average Bonchev–Trinajstić information content (AvgIpc) is 3.14. The van der Waals surface area contributed by atoms with Gasteiger partial charge in [0, 0.05) is 38.3 Å². The summed E-state index contributed by atoms with van der Waals surface area (Å²) in [6.45, 7) is 2.02. The van der Waals surface area contributed by atoms with Crippen LogP contribution in [0.4, 0.5) is 0 Å². The number of nitrogens with zero attached hydrogens (tertiary/aromatic N) is 2. The van der Waals surface area contributed by atoms with Gasteiger partial charge in [0.2, 0.25) is 0 Å². The van der Waals surface area contributed by atoms with Crippen molar-refractivity contribution in [3.63, 3.8) is 0 Å². The summed E-state index contributed by atoms with van der Waals surface area (Å²) in [5, 5.41) is 8.71. The van der Waals surface area contributed by atoms with Crippen molar-refractivity contribution in [2.24, 2.45) is 0 Å². The van der Waals surface area contributed by atoms with Crippen LogP contribution in [0.2, 0.25) is 0 Å². The predicted octanol–water partition coefficient (Wildman–Crippen LogP) is 4.77. The number of hydrogen-bond donors (Lipinski definition) is 1. The fraction of sp³-hybridized carbons (Fsp3) is 0.417. The number of ether oxygens (including phenoxy) is 3. The second kappa shape index (κ2) is 11.4. The van der Waals surface area contributed by atoms with Crippen LogP contribution >= 0.6 is 0 Å². The van der Waals surface area contributed by atoms with Crippen molar-refractivity contribution >= 4 is 17.0 Å². The molecule has 0 saturated heterocycles. The SMILES string of the molecule is COCCCn1c(-c2ccc(OC)cc2)nc2ccc(OCCCCCC(=O)O)cc21. The summed E-state index contributed by atoms with van der Waals surface area (Å²) in [7, 11) is 3.36. The van der Waals surface area contributed by atoms with Gasteiger partial charge in [-0.25, -0.2) is 4.98 Å². The molecule has 0 saturated carbocycles. The number of rotatable bonds is 13. The number of hydrogen-bond acceptors (Lipinski definition) is 5. The molecule has 0 aliphatic carbocycles. The topological polar surface area (TPSA) is 82.8 Å². The normalized spacial score (nSPS) is 11.0. The van der Waals surface area contributed by atoms with E-state index in [0.29, 0.717) is 19.6 Å². The zero-order valence-corrected chi connectivity index (χ0v) is 18.2. The molecule has 0 aliphatic rings. The predicted molar refractivity (Wildman–Crippen MR) is 120 cm³/mol. The third kappa shape index (κ3) is 6.21. The van der Waals surface area contributed by atoms with E-state index in [2.05, 4.69) is 4.57 Å². The Morgan fingerprint density at radius 2 is 1.74 bits per heavy atom. The number of carboxylic acid groups (broad SMARTS) is 1. The molecule has 1 aromatic heterocycles. The standard InChI is InChI=1S/C24H30N2O5/c1-29-15-6-14-26-22-17-20(31-16-5-3-4-7-23(27)28)12-13-21(22)25-24(26)18-8-10-19(30-2)11-9-18/h8-13,17H,3-7,14-16H2,1-2H3,(H,27,28). The molecule has 2 aromatic carbocycles. The van der Waals surface area contributed by atoms with Crippen LogP contribution in [0.1, 0.15) is 32.1 Å². The number of aryl methyl sites for hydroxylation is 1. The molecule has 0 spiro atoms. The number of carboxylic acids is 1. The molecule has 31 heavy (non-hydrogen) atoms. The first-order valence-corrected chi connectivity index (χ1v) is 10.6. The highest BCUT2D eigenvalue weighted by Crippen LogP contribution is 2.29. The Bertz CT molecular complexity index is 982. The molecule has 0 aliphatic heterocycles. The first-order valence-electron chi connectivity index (χ1n) is 10.6. The van der Waals surface area contributed by atoms with E-state index in [1.54, 1.807) is 14.2 Å². The molecule has 166 valence electrons. The van der Waals surface area contributed by atoms with Crippen molar-refractivity contribution in [2.75, 3.05) is 27.4 Å². The third-order valence-electron chi connectivity index (χ3n) is 5.10. The maximum atomic E-state index is 10.6. The maximum absolute atomic E-state index is 10.6. The molecule has 1 heterocycles. The molecule has 0 atom stereocenters. The first-order chi connectivity index (χ1) is 15.1. The van der Waals surface area contributed by atoms with E-state index in [1.807, 2.05) is 42.5 Å². The van der Waals surface area contributed by atoms with Gasteiger partial charge in [0.1, 0.15) is 17.3 Å². The minimum Gasteiger partial charge on any atom is -0.497 e. The lowest BCUT2D eigenvalue weighted by Crippen LogP contribution is -2.04. The number of aliphatic carboxylic acids is 1. The summed E-state index contributed by atoms with van der Waals surface area (Å²) in [5.41, 5.74) is 2.96. The third-order valence-corrected chi connectivity index (χ3v) is 5.10. The highest BCUT2D eigenvalue weighted by molar-refractivity contribution is 5.82. The van der Waals surface area contributed by atoms with E-state index < -0.39 is 5.97 Å². The Morgan fingerprint density at radius 1 is 0.968 bits per heavy atom. The summed E-state index contributed by atoms with van der Waals surface area (Å²) < 4.78 is 18.6. The molecule has 0 radical (unpaired) electrons. The van der Waals surface area contributed by atoms with Crippen molar-refractivity contribution in [1.29, 1.82) is 0 Å². The zero-order chi connectivity index (χ0) is 22.1. The number of unbranched alkanes of at least 4 members (excludes halogenated alkanes) is 2. The molecule has 7 nitrogen and oxygen atoms in total. The Hall–Kier alpha value is -3.06. The molecule has 0 bridgehead atoms. The van der Waals surface area contributed by atoms with Gasteiger partial charge in [0.05, 0.1) is 24.8 Å². The summed E-state index contributed by atoms with van der Waals surface area (Å²) >= 11 is 0. The largest absolute Gasteiger partial charge is 0.497 e. The fourth-order valence-corrected chi connectivity index (χ4v) is 3.49. The molecule has 1 N–H and O–H groups in total. The molecule has 7 heteroatoms. The van der Waals surface area contributed by atoms with Gasteiger partial charge in [-0.3, -0.25) is 4.79 Å². The highest BCUT2D eigenvalue weighted by atomic mass is 16.5. The summed E-state index contributed by atoms with van der Waals surface area (Å²) in [6.07, 6.45) is 3.43. The van der Waals surface area contributed by atoms with E-state index in [-0.39, 0.29) is 6.42 Å². The van der Waals surface area contributed by atoms with Gasteiger partial charge in [-0.2, -0.15) is 0 Å². The Kier molecular flexibility index (Phi) is 8.29. The lowest BCUT2D eigenvalue weighted by molar-refractivity contribution is -0.137. The summed E-state index contributed by atoms with van der Waals surface area (Å²) in [6, 6.07) is 13.8. The van der Waals surface area contributed by atoms with Crippen molar-refractivity contribution in [3.05, 3.63) is 42.5 Å². The molecule has 0 amide bonds. The van der Waals surface area contributed by atoms with Gasteiger partial charge in [0.25, 0.3) is 0 Å². The summed E-state index contributed by atoms with van der Waals surface area (Å²) in [4.78, 5) is 15.5. The van der Waals surface area contributed by atoms with E-state index in [0.717, 1.165) is 59.7 Å². The maximum Gasteiger partial charge on any atom is 0.303 e. The van der Waals surface area contributed by atoms with Crippen LogP contribution in [0.3, 0.4) is 0 Å². The van der Waals surface area contributed by atoms with Gasteiger partial charge in [-0.1, -0.05) is 0 Å². The van der Waals surface area contributed by atoms with E-state index in [1.165, 1.54) is 0 Å². The average molecular weight is 427 g/mol. The minimum absolute atomic E-state index is 0.209. The number of methoxy groups -OCH3 is 2. The number of benzene rings is 2. The summed E-state index contributed by atoms with van der Waals surface area (Å²) in [5.74, 6) is 1.75. The molecule has 0 fully saturated rings. The molecule has 3 rings (SSSR count). The number of imidazole rings is 1. The second-order valence-electron chi connectivity index (χ2n) is 7.37. The van der Waals surface area contributed by atoms with Crippen LogP contribution < -0.4 is 9.47 Å². The van der Waals surface area contributed by atoms with Gasteiger partial charge < -0.3 is 23.9 Å². The smallest absolute Gasteiger partial charge is 0.303 e. The van der Waals surface area contributed by atoms with Crippen LogP contribution in [0.5, 0.6) is 11.5 Å². The molecular formula is C24H30N2O5. The first kappa shape index (κ1) is 22.6. The van der Waals surface area contributed by atoms with Gasteiger partial charge in [-0.15, -0.1) is 0 Å². The van der Waals surface area contributed by atoms with E-state index in [4.69, 9.17) is 24.3 Å².